The second kappa shape index (κ2) is 5.89. The lowest BCUT2D eigenvalue weighted by Gasteiger charge is -1.99. The minimum atomic E-state index is 0.565. The van der Waals surface area contributed by atoms with Gasteiger partial charge in [0.15, 0.2) is 0 Å². The van der Waals surface area contributed by atoms with Crippen molar-refractivity contribution in [3.8, 4) is 0 Å². The van der Waals surface area contributed by atoms with E-state index < -0.39 is 0 Å². The second-order valence-corrected chi connectivity index (χ2v) is 3.40. The Hall–Kier alpha value is 0.765. The lowest BCUT2D eigenvalue weighted by molar-refractivity contribution is 0.769. The molecule has 0 spiro atoms. The van der Waals surface area contributed by atoms with E-state index in [1.54, 1.807) is 0 Å². The molecule has 0 nitrogen and oxygen atoms in total. The Morgan fingerprint density at radius 1 is 1.38 bits per heavy atom. The van der Waals surface area contributed by atoms with Crippen molar-refractivity contribution in [2.24, 2.45) is 0 Å². The third-order valence-electron chi connectivity index (χ3n) is 1.03. The normalized spacial score (nSPS) is 13.8. The average Bonchev–Trinajstić information content (AvgIpc) is 1.66. The summed E-state index contributed by atoms with van der Waals surface area (Å²) in [6.07, 6.45) is 3.73. The van der Waals surface area contributed by atoms with Crippen molar-refractivity contribution in [2.75, 3.05) is 5.75 Å². The van der Waals surface area contributed by atoms with Gasteiger partial charge in [0.25, 0.3) is 0 Å². The number of hydrogen-bond donors (Lipinski definition) is 2. The number of thiol groups is 2. The van der Waals surface area contributed by atoms with Crippen LogP contribution in [0.3, 0.4) is 0 Å². The van der Waals surface area contributed by atoms with E-state index >= 15 is 0 Å². The first-order valence-corrected chi connectivity index (χ1v) is 4.21. The molecule has 0 aromatic heterocycles. The van der Waals surface area contributed by atoms with Crippen LogP contribution in [0.25, 0.3) is 0 Å². The molecule has 0 heterocycles. The van der Waals surface area contributed by atoms with E-state index in [2.05, 4.69) is 33.1 Å². The molecule has 0 radical (unpaired) electrons. The maximum atomic E-state index is 4.25. The van der Waals surface area contributed by atoms with E-state index in [0.717, 1.165) is 5.75 Å². The minimum Gasteiger partial charge on any atom is -0.185 e. The third-order valence-corrected chi connectivity index (χ3v) is 1.60. The lowest BCUT2D eigenvalue weighted by Crippen LogP contribution is -1.95. The Morgan fingerprint density at radius 2 is 2.00 bits per heavy atom. The van der Waals surface area contributed by atoms with Crippen molar-refractivity contribution < 1.29 is 0 Å². The van der Waals surface area contributed by atoms with Gasteiger partial charge in [-0.1, -0.05) is 6.42 Å². The summed E-state index contributed by atoms with van der Waals surface area (Å²) in [4.78, 5) is 0. The fraction of sp³-hybridized carbons (Fsp3) is 1.00. The monoisotopic (exact) mass is 148 g/mol. The summed E-state index contributed by atoms with van der Waals surface area (Å²) < 4.78 is 0. The van der Waals surface area contributed by atoms with Gasteiger partial charge >= 0.3 is 0 Å². The Kier molecular flexibility index (Phi) is 6.46. The molecule has 0 aliphatic carbocycles. The molecule has 0 saturated carbocycles. The first kappa shape index (κ1) is 8.76. The summed E-state index contributed by atoms with van der Waals surface area (Å²) in [5.74, 6) is 1.01. The van der Waals surface area contributed by atoms with Crippen LogP contribution in [0.1, 0.15) is 19.3 Å². The van der Waals surface area contributed by atoms with Crippen LogP contribution in [0, 0.1) is 0 Å². The topological polar surface area (TPSA) is 0 Å². The molecular formula is C5H13BS2. The standard InChI is InChI=1S/C5H13BS2/c6-5(8)3-1-2-4-7/h5,7-8H,1-4,6H2. The molecule has 3 heteroatoms. The average molecular weight is 148 g/mol. The molecule has 0 aliphatic heterocycles. The molecule has 48 valence electrons. The van der Waals surface area contributed by atoms with Crippen LogP contribution in [0.5, 0.6) is 0 Å². The van der Waals surface area contributed by atoms with Gasteiger partial charge in [-0.3, -0.25) is 0 Å². The zero-order valence-corrected chi connectivity index (χ0v) is 7.09. The molecule has 8 heavy (non-hydrogen) atoms. The smallest absolute Gasteiger partial charge is 0.118 e. The van der Waals surface area contributed by atoms with E-state index in [1.165, 1.54) is 19.3 Å². The number of unbranched alkanes of at least 4 members (excludes halogenated alkanes) is 1. The van der Waals surface area contributed by atoms with Gasteiger partial charge in [-0.25, -0.2) is 0 Å². The molecule has 1 atom stereocenters. The highest BCUT2D eigenvalue weighted by Gasteiger charge is 1.91. The van der Waals surface area contributed by atoms with Crippen LogP contribution in [-0.4, -0.2) is 18.7 Å². The summed E-state index contributed by atoms with van der Waals surface area (Å²) >= 11 is 8.34. The fourth-order valence-electron chi connectivity index (χ4n) is 0.552. The summed E-state index contributed by atoms with van der Waals surface area (Å²) in [5.41, 5.74) is 0. The van der Waals surface area contributed by atoms with Crippen LogP contribution in [0.4, 0.5) is 0 Å². The third kappa shape index (κ3) is 6.76. The fourth-order valence-corrected chi connectivity index (χ4v) is 0.958. The van der Waals surface area contributed by atoms with Crippen molar-refractivity contribution in [1.29, 1.82) is 0 Å². The van der Waals surface area contributed by atoms with E-state index in [4.69, 9.17) is 0 Å². The minimum absolute atomic E-state index is 0.565. The predicted octanol–water partition coefficient (Wildman–Crippen LogP) is 0.975. The molecule has 0 aliphatic rings. The Balaban J connectivity index is 2.72. The van der Waals surface area contributed by atoms with Crippen molar-refractivity contribution in [1.82, 2.24) is 0 Å². The molecule has 0 N–H and O–H groups in total. The van der Waals surface area contributed by atoms with Gasteiger partial charge in [-0.05, 0) is 23.7 Å². The molecule has 0 aromatic rings. The van der Waals surface area contributed by atoms with Crippen molar-refractivity contribution in [3.05, 3.63) is 0 Å². The predicted molar refractivity (Wildman–Crippen MR) is 49.0 cm³/mol. The molecule has 0 aromatic carbocycles. The maximum Gasteiger partial charge on any atom is 0.118 e. The molecular weight excluding hydrogens is 135 g/mol. The second-order valence-electron chi connectivity index (χ2n) is 2.07. The van der Waals surface area contributed by atoms with Gasteiger partial charge < -0.3 is 0 Å². The number of hydrogen-bond acceptors (Lipinski definition) is 2. The Morgan fingerprint density at radius 3 is 2.38 bits per heavy atom. The van der Waals surface area contributed by atoms with Crippen LogP contribution in [-0.2, 0) is 0 Å². The molecule has 0 amide bonds. The molecule has 0 rings (SSSR count). The number of rotatable bonds is 4. The van der Waals surface area contributed by atoms with E-state index in [-0.39, 0.29) is 0 Å². The van der Waals surface area contributed by atoms with Gasteiger partial charge in [0, 0.05) is 0 Å². The SMILES string of the molecule is BC(S)CCCCS. The van der Waals surface area contributed by atoms with Crippen LogP contribution < -0.4 is 0 Å². The largest absolute Gasteiger partial charge is 0.185 e. The highest BCUT2D eigenvalue weighted by atomic mass is 32.1. The highest BCUT2D eigenvalue weighted by molar-refractivity contribution is 7.82. The first-order chi connectivity index (χ1) is 3.77. The summed E-state index contributed by atoms with van der Waals surface area (Å²) in [5, 5.41) is 0.565. The zero-order chi connectivity index (χ0) is 6.41. The Labute approximate surface area is 63.7 Å². The lowest BCUT2D eigenvalue weighted by atomic mass is 9.99. The van der Waals surface area contributed by atoms with E-state index in [1.807, 2.05) is 0 Å². The first-order valence-electron chi connectivity index (χ1n) is 3.06. The van der Waals surface area contributed by atoms with E-state index in [9.17, 15) is 0 Å². The van der Waals surface area contributed by atoms with Crippen molar-refractivity contribution in [2.45, 2.75) is 24.4 Å². The highest BCUT2D eigenvalue weighted by Crippen LogP contribution is 2.03. The van der Waals surface area contributed by atoms with Crippen LogP contribution >= 0.6 is 25.3 Å². The van der Waals surface area contributed by atoms with Crippen LogP contribution in [0.2, 0.25) is 0 Å². The summed E-state index contributed by atoms with van der Waals surface area (Å²) in [6, 6.07) is 0. The van der Waals surface area contributed by atoms with Gasteiger partial charge in [0.1, 0.15) is 7.85 Å². The molecule has 0 saturated heterocycles. The van der Waals surface area contributed by atoms with Gasteiger partial charge in [-0.2, -0.15) is 25.3 Å². The Bertz CT molecular complexity index is 47.7. The molecule has 0 bridgehead atoms. The van der Waals surface area contributed by atoms with Crippen LogP contribution in [0.15, 0.2) is 0 Å². The quantitative estimate of drug-likeness (QED) is 0.331. The van der Waals surface area contributed by atoms with Gasteiger partial charge in [0.05, 0.1) is 0 Å². The molecule has 0 fully saturated rings. The summed E-state index contributed by atoms with van der Waals surface area (Å²) in [7, 11) is 2.13. The zero-order valence-electron chi connectivity index (χ0n) is 5.30. The van der Waals surface area contributed by atoms with Crippen molar-refractivity contribution in [3.63, 3.8) is 0 Å². The summed E-state index contributed by atoms with van der Waals surface area (Å²) in [6.45, 7) is 0. The van der Waals surface area contributed by atoms with Gasteiger partial charge in [0.2, 0.25) is 0 Å². The molecule has 1 unspecified atom stereocenters. The van der Waals surface area contributed by atoms with E-state index in [0.29, 0.717) is 5.15 Å². The van der Waals surface area contributed by atoms with Gasteiger partial charge in [-0.15, -0.1) is 0 Å². The van der Waals surface area contributed by atoms with Crippen molar-refractivity contribution >= 4 is 33.1 Å². The maximum absolute atomic E-state index is 4.25.